The van der Waals surface area contributed by atoms with Crippen molar-refractivity contribution in [3.8, 4) is 0 Å². The smallest absolute Gasteiger partial charge is 0.226 e. The molecule has 1 aromatic heterocycles. The molecular formula is C16H19N5O4. The van der Waals surface area contributed by atoms with Crippen LogP contribution in [0, 0.1) is 0 Å². The van der Waals surface area contributed by atoms with Gasteiger partial charge in [0, 0.05) is 25.5 Å². The van der Waals surface area contributed by atoms with Crippen LogP contribution in [0.25, 0.3) is 0 Å². The second kappa shape index (κ2) is 8.57. The summed E-state index contributed by atoms with van der Waals surface area (Å²) >= 11 is 0. The van der Waals surface area contributed by atoms with Gasteiger partial charge in [-0.25, -0.2) is 4.63 Å². The van der Waals surface area contributed by atoms with Crippen LogP contribution in [0.15, 0.2) is 28.9 Å². The normalized spacial score (nSPS) is 10.2. The summed E-state index contributed by atoms with van der Waals surface area (Å²) < 4.78 is 4.47. The molecule has 0 saturated carbocycles. The van der Waals surface area contributed by atoms with Crippen molar-refractivity contribution < 1.29 is 19.0 Å². The summed E-state index contributed by atoms with van der Waals surface area (Å²) in [5.74, 6) is -1.08. The van der Waals surface area contributed by atoms with Gasteiger partial charge in [0.2, 0.25) is 29.4 Å². The maximum Gasteiger partial charge on any atom is 0.226 e. The molecular weight excluding hydrogens is 326 g/mol. The molecule has 2 rings (SSSR count). The van der Waals surface area contributed by atoms with Crippen LogP contribution in [0.3, 0.4) is 0 Å². The molecule has 0 radical (unpaired) electrons. The van der Waals surface area contributed by atoms with Gasteiger partial charge in [0.05, 0.1) is 0 Å². The van der Waals surface area contributed by atoms with Crippen molar-refractivity contribution in [2.75, 3.05) is 16.0 Å². The predicted octanol–water partition coefficient (Wildman–Crippen LogP) is 1.95. The number of amides is 3. The van der Waals surface area contributed by atoms with E-state index in [-0.39, 0.29) is 36.3 Å². The molecule has 132 valence electrons. The number of anilines is 3. The van der Waals surface area contributed by atoms with Gasteiger partial charge < -0.3 is 16.0 Å². The van der Waals surface area contributed by atoms with E-state index in [0.29, 0.717) is 5.69 Å². The fourth-order valence-corrected chi connectivity index (χ4v) is 2.03. The Bertz CT molecular complexity index is 771. The molecule has 0 aliphatic rings. The summed E-state index contributed by atoms with van der Waals surface area (Å²) in [5, 5.41) is 14.5. The van der Waals surface area contributed by atoms with E-state index in [9.17, 15) is 14.4 Å². The number of carbonyl (C=O) groups is 3. The van der Waals surface area contributed by atoms with Gasteiger partial charge in [0.1, 0.15) is 0 Å². The Morgan fingerprint density at radius 3 is 2.28 bits per heavy atom. The van der Waals surface area contributed by atoms with E-state index in [1.807, 2.05) is 25.1 Å². The maximum atomic E-state index is 11.9. The Kier molecular flexibility index (Phi) is 6.21. The van der Waals surface area contributed by atoms with Crippen molar-refractivity contribution in [3.05, 3.63) is 29.8 Å². The molecule has 1 aromatic carbocycles. The minimum Gasteiger partial charge on any atom is -0.326 e. The van der Waals surface area contributed by atoms with Crippen LogP contribution in [-0.4, -0.2) is 28.0 Å². The molecule has 2 aromatic rings. The lowest BCUT2D eigenvalue weighted by molar-refractivity contribution is -0.121. The highest BCUT2D eigenvalue weighted by Gasteiger charge is 2.15. The molecule has 0 spiro atoms. The number of nitrogens with zero attached hydrogens (tertiary/aromatic N) is 2. The van der Waals surface area contributed by atoms with Crippen LogP contribution in [0.2, 0.25) is 0 Å². The third-order valence-corrected chi connectivity index (χ3v) is 3.24. The molecule has 1 heterocycles. The van der Waals surface area contributed by atoms with Crippen molar-refractivity contribution in [1.29, 1.82) is 0 Å². The predicted molar refractivity (Wildman–Crippen MR) is 90.9 cm³/mol. The number of nitrogens with one attached hydrogen (secondary N) is 3. The number of aromatic nitrogens is 2. The van der Waals surface area contributed by atoms with Crippen LogP contribution < -0.4 is 16.0 Å². The van der Waals surface area contributed by atoms with Gasteiger partial charge in [-0.05, 0) is 34.4 Å². The Morgan fingerprint density at radius 1 is 1.00 bits per heavy atom. The molecule has 9 nitrogen and oxygen atoms in total. The van der Waals surface area contributed by atoms with E-state index in [2.05, 4.69) is 30.9 Å². The molecule has 0 unspecified atom stereocenters. The van der Waals surface area contributed by atoms with E-state index in [0.717, 1.165) is 12.0 Å². The van der Waals surface area contributed by atoms with E-state index in [1.165, 1.54) is 6.92 Å². The fraction of sp³-hybridized carbons (Fsp3) is 0.312. The summed E-state index contributed by atoms with van der Waals surface area (Å²) in [4.78, 5) is 34.8. The summed E-state index contributed by atoms with van der Waals surface area (Å²) in [6.07, 6.45) is 0.823. The average Bonchev–Trinajstić information content (AvgIpc) is 2.99. The van der Waals surface area contributed by atoms with Crippen LogP contribution >= 0.6 is 0 Å². The van der Waals surface area contributed by atoms with Gasteiger partial charge in [-0.1, -0.05) is 19.1 Å². The Morgan fingerprint density at radius 2 is 1.64 bits per heavy atom. The first-order chi connectivity index (χ1) is 12.0. The topological polar surface area (TPSA) is 126 Å². The monoisotopic (exact) mass is 345 g/mol. The third kappa shape index (κ3) is 5.72. The first kappa shape index (κ1) is 18.1. The largest absolute Gasteiger partial charge is 0.326 e. The zero-order valence-electron chi connectivity index (χ0n) is 14.0. The third-order valence-electron chi connectivity index (χ3n) is 3.24. The van der Waals surface area contributed by atoms with Gasteiger partial charge in [0.15, 0.2) is 0 Å². The maximum absolute atomic E-state index is 11.9. The summed E-state index contributed by atoms with van der Waals surface area (Å²) in [5.41, 5.74) is 1.80. The van der Waals surface area contributed by atoms with Gasteiger partial charge in [0.25, 0.3) is 0 Å². The number of benzene rings is 1. The Balaban J connectivity index is 1.82. The van der Waals surface area contributed by atoms with E-state index in [1.54, 1.807) is 6.07 Å². The van der Waals surface area contributed by atoms with Crippen molar-refractivity contribution in [3.63, 3.8) is 0 Å². The van der Waals surface area contributed by atoms with Crippen molar-refractivity contribution in [2.45, 2.75) is 33.1 Å². The number of carbonyl (C=O) groups excluding carboxylic acids is 3. The number of hydrogen-bond donors (Lipinski definition) is 3. The van der Waals surface area contributed by atoms with Gasteiger partial charge >= 0.3 is 0 Å². The fourth-order valence-electron chi connectivity index (χ4n) is 2.03. The van der Waals surface area contributed by atoms with Gasteiger partial charge in [-0.3, -0.25) is 14.4 Å². The molecule has 0 bridgehead atoms. The van der Waals surface area contributed by atoms with Crippen LogP contribution in [0.5, 0.6) is 0 Å². The van der Waals surface area contributed by atoms with E-state index < -0.39 is 5.91 Å². The molecule has 0 aliphatic heterocycles. The Hall–Kier alpha value is -3.23. The number of hydrogen-bond acceptors (Lipinski definition) is 6. The SMILES string of the molecule is CCc1cccc(NC(=O)CCC(=O)Nc2nonc2NC(C)=O)c1. The van der Waals surface area contributed by atoms with Crippen molar-refractivity contribution in [1.82, 2.24) is 10.3 Å². The summed E-state index contributed by atoms with van der Waals surface area (Å²) in [7, 11) is 0. The Labute approximate surface area is 144 Å². The molecule has 25 heavy (non-hydrogen) atoms. The lowest BCUT2D eigenvalue weighted by atomic mass is 10.1. The highest BCUT2D eigenvalue weighted by molar-refractivity contribution is 5.99. The lowest BCUT2D eigenvalue weighted by Gasteiger charge is -2.07. The zero-order valence-corrected chi connectivity index (χ0v) is 14.0. The first-order valence-electron chi connectivity index (χ1n) is 7.76. The molecule has 0 fully saturated rings. The van der Waals surface area contributed by atoms with Crippen molar-refractivity contribution in [2.24, 2.45) is 0 Å². The quantitative estimate of drug-likeness (QED) is 0.704. The van der Waals surface area contributed by atoms with Gasteiger partial charge in [-0.2, -0.15) is 0 Å². The molecule has 9 heteroatoms. The molecule has 0 aliphatic carbocycles. The van der Waals surface area contributed by atoms with Crippen LogP contribution in [0.1, 0.15) is 32.3 Å². The highest BCUT2D eigenvalue weighted by atomic mass is 16.6. The summed E-state index contributed by atoms with van der Waals surface area (Å²) in [6.45, 7) is 3.32. The number of rotatable bonds is 7. The molecule has 0 saturated heterocycles. The summed E-state index contributed by atoms with van der Waals surface area (Å²) in [6, 6.07) is 7.51. The minimum absolute atomic E-state index is 0.00291. The van der Waals surface area contributed by atoms with E-state index in [4.69, 9.17) is 0 Å². The second-order valence-electron chi connectivity index (χ2n) is 5.29. The molecule has 0 atom stereocenters. The second-order valence-corrected chi connectivity index (χ2v) is 5.29. The zero-order chi connectivity index (χ0) is 18.2. The standard InChI is InChI=1S/C16H19N5O4/c1-3-11-5-4-6-12(9-11)18-13(23)7-8-14(24)19-16-15(17-10(2)22)20-25-21-16/h4-6,9H,3,7-8H2,1-2H3,(H,18,23)(H,17,20,22)(H,19,21,24). The van der Waals surface area contributed by atoms with Crippen LogP contribution in [-0.2, 0) is 20.8 Å². The number of aryl methyl sites for hydroxylation is 1. The minimum atomic E-state index is -0.445. The molecule has 3 N–H and O–H groups in total. The van der Waals surface area contributed by atoms with Crippen molar-refractivity contribution >= 4 is 35.0 Å². The van der Waals surface area contributed by atoms with E-state index >= 15 is 0 Å². The molecule has 3 amide bonds. The first-order valence-corrected chi connectivity index (χ1v) is 7.76. The van der Waals surface area contributed by atoms with Crippen LogP contribution in [0.4, 0.5) is 17.3 Å². The lowest BCUT2D eigenvalue weighted by Crippen LogP contribution is -2.18. The van der Waals surface area contributed by atoms with Gasteiger partial charge in [-0.15, -0.1) is 0 Å². The average molecular weight is 345 g/mol. The highest BCUT2D eigenvalue weighted by Crippen LogP contribution is 2.16.